The first-order chi connectivity index (χ1) is 21.3. The van der Waals surface area contributed by atoms with Crippen molar-refractivity contribution < 1.29 is 0 Å². The molecule has 0 fully saturated rings. The minimum atomic E-state index is 0.982. The van der Waals surface area contributed by atoms with Gasteiger partial charge in [0.1, 0.15) is 5.65 Å². The zero-order valence-electron chi connectivity index (χ0n) is 23.4. The van der Waals surface area contributed by atoms with Crippen LogP contribution in [0, 0.1) is 0 Å². The predicted molar refractivity (Wildman–Crippen MR) is 182 cm³/mol. The summed E-state index contributed by atoms with van der Waals surface area (Å²) in [5.74, 6) is 0. The second-order valence-electron chi connectivity index (χ2n) is 11.2. The van der Waals surface area contributed by atoms with Crippen molar-refractivity contribution >= 4 is 49.1 Å². The fourth-order valence-corrected chi connectivity index (χ4v) is 6.87. The predicted octanol–water partition coefficient (Wildman–Crippen LogP) is 10.9. The normalized spacial score (nSPS) is 11.7. The Bertz CT molecular complexity index is 2430. The molecule has 0 aliphatic heterocycles. The van der Waals surface area contributed by atoms with Crippen LogP contribution in [0.5, 0.6) is 0 Å². The SMILES string of the molecule is c1ccc(-c2c3ccccc3c(-c3ccc(-c4cc5ccccc5n5c4nc4ccccc45)cc3)c3ccccc23)cc1. The zero-order chi connectivity index (χ0) is 28.3. The molecule has 0 aliphatic rings. The molecule has 0 amide bonds. The number of imidazole rings is 1. The van der Waals surface area contributed by atoms with E-state index in [1.807, 2.05) is 0 Å². The largest absolute Gasteiger partial charge is 0.292 e. The summed E-state index contributed by atoms with van der Waals surface area (Å²) >= 11 is 0. The maximum Gasteiger partial charge on any atom is 0.146 e. The van der Waals surface area contributed by atoms with Crippen molar-refractivity contribution in [2.24, 2.45) is 0 Å². The molecule has 200 valence electrons. The van der Waals surface area contributed by atoms with Crippen LogP contribution >= 0.6 is 0 Å². The number of hydrogen-bond donors (Lipinski definition) is 0. The number of para-hydroxylation sites is 3. The van der Waals surface area contributed by atoms with Crippen molar-refractivity contribution in [3.8, 4) is 33.4 Å². The van der Waals surface area contributed by atoms with Crippen LogP contribution in [0.2, 0.25) is 0 Å². The number of fused-ring (bicyclic) bond motifs is 7. The maximum atomic E-state index is 5.11. The van der Waals surface area contributed by atoms with Crippen molar-refractivity contribution in [1.82, 2.24) is 9.38 Å². The van der Waals surface area contributed by atoms with E-state index in [9.17, 15) is 0 Å². The zero-order valence-corrected chi connectivity index (χ0v) is 23.4. The highest BCUT2D eigenvalue weighted by molar-refractivity contribution is 6.21. The van der Waals surface area contributed by atoms with E-state index >= 15 is 0 Å². The molecule has 0 saturated carbocycles. The molecule has 0 atom stereocenters. The van der Waals surface area contributed by atoms with Crippen molar-refractivity contribution in [3.63, 3.8) is 0 Å². The van der Waals surface area contributed by atoms with E-state index in [1.165, 1.54) is 54.7 Å². The van der Waals surface area contributed by atoms with Gasteiger partial charge in [0.05, 0.1) is 16.6 Å². The average molecular weight is 547 g/mol. The molecule has 0 N–H and O–H groups in total. The summed E-state index contributed by atoms with van der Waals surface area (Å²) in [6.45, 7) is 0. The van der Waals surface area contributed by atoms with Crippen LogP contribution in [0.4, 0.5) is 0 Å². The number of benzene rings is 7. The molecule has 0 radical (unpaired) electrons. The lowest BCUT2D eigenvalue weighted by Crippen LogP contribution is -1.93. The van der Waals surface area contributed by atoms with E-state index in [4.69, 9.17) is 4.98 Å². The highest BCUT2D eigenvalue weighted by Crippen LogP contribution is 2.44. The first-order valence-corrected chi connectivity index (χ1v) is 14.7. The molecule has 0 unspecified atom stereocenters. The van der Waals surface area contributed by atoms with E-state index in [-0.39, 0.29) is 0 Å². The Morgan fingerprint density at radius 1 is 0.395 bits per heavy atom. The number of aromatic nitrogens is 2. The van der Waals surface area contributed by atoms with Crippen molar-refractivity contribution in [1.29, 1.82) is 0 Å². The maximum absolute atomic E-state index is 5.11. The van der Waals surface area contributed by atoms with Gasteiger partial charge in [-0.1, -0.05) is 133 Å². The van der Waals surface area contributed by atoms with E-state index in [0.717, 1.165) is 27.8 Å². The summed E-state index contributed by atoms with van der Waals surface area (Å²) in [6, 6.07) is 56.7. The Morgan fingerprint density at radius 3 is 1.53 bits per heavy atom. The third kappa shape index (κ3) is 3.63. The highest BCUT2D eigenvalue weighted by Gasteiger charge is 2.17. The second kappa shape index (κ2) is 9.40. The molecule has 2 heterocycles. The summed E-state index contributed by atoms with van der Waals surface area (Å²) in [6.07, 6.45) is 0. The molecule has 0 saturated heterocycles. The molecule has 2 heteroatoms. The van der Waals surface area contributed by atoms with E-state index in [0.29, 0.717) is 0 Å². The first-order valence-electron chi connectivity index (χ1n) is 14.7. The Hall–Kier alpha value is -5.73. The van der Waals surface area contributed by atoms with Gasteiger partial charge in [0.25, 0.3) is 0 Å². The third-order valence-corrected chi connectivity index (χ3v) is 8.76. The smallest absolute Gasteiger partial charge is 0.146 e. The standard InChI is InChI=1S/C41H26N2/c1-2-12-28(13-3-1)39-31-15-5-7-17-33(31)40(34-18-8-6-16-32(34)39)29-24-22-27(23-25-29)35-26-30-14-4-10-20-37(30)43-38-21-11-9-19-36(38)42-41(35)43/h1-26H. The van der Waals surface area contributed by atoms with Crippen LogP contribution < -0.4 is 0 Å². The number of nitrogens with zero attached hydrogens (tertiary/aromatic N) is 2. The molecular weight excluding hydrogens is 520 g/mol. The minimum absolute atomic E-state index is 0.982. The van der Waals surface area contributed by atoms with Crippen molar-refractivity contribution in [2.75, 3.05) is 0 Å². The Morgan fingerprint density at radius 2 is 0.884 bits per heavy atom. The number of pyridine rings is 1. The summed E-state index contributed by atoms with van der Waals surface area (Å²) in [4.78, 5) is 5.11. The molecule has 9 rings (SSSR count). The minimum Gasteiger partial charge on any atom is -0.292 e. The molecule has 0 spiro atoms. The number of hydrogen-bond acceptors (Lipinski definition) is 1. The van der Waals surface area contributed by atoms with Crippen molar-refractivity contribution in [3.05, 3.63) is 158 Å². The lowest BCUT2D eigenvalue weighted by Gasteiger charge is -2.18. The van der Waals surface area contributed by atoms with Crippen molar-refractivity contribution in [2.45, 2.75) is 0 Å². The van der Waals surface area contributed by atoms with Gasteiger partial charge in [-0.3, -0.25) is 4.40 Å². The fraction of sp³-hybridized carbons (Fsp3) is 0. The topological polar surface area (TPSA) is 17.3 Å². The van der Waals surface area contributed by atoms with Gasteiger partial charge in [-0.2, -0.15) is 0 Å². The molecule has 7 aromatic carbocycles. The van der Waals surface area contributed by atoms with E-state index < -0.39 is 0 Å². The molecule has 43 heavy (non-hydrogen) atoms. The van der Waals surface area contributed by atoms with Gasteiger partial charge < -0.3 is 0 Å². The van der Waals surface area contributed by atoms with Crippen LogP contribution in [0.25, 0.3) is 82.5 Å². The lowest BCUT2D eigenvalue weighted by molar-refractivity contribution is 1.30. The van der Waals surface area contributed by atoms with Crippen LogP contribution in [0.15, 0.2) is 158 Å². The van der Waals surface area contributed by atoms with Gasteiger partial charge in [0, 0.05) is 5.56 Å². The quantitative estimate of drug-likeness (QED) is 0.201. The third-order valence-electron chi connectivity index (χ3n) is 8.76. The van der Waals surface area contributed by atoms with E-state index in [2.05, 4.69) is 162 Å². The molecule has 2 nitrogen and oxygen atoms in total. The average Bonchev–Trinajstić information content (AvgIpc) is 3.47. The Balaban J connectivity index is 1.28. The fourth-order valence-electron chi connectivity index (χ4n) is 6.87. The second-order valence-corrected chi connectivity index (χ2v) is 11.2. The molecule has 2 aromatic heterocycles. The monoisotopic (exact) mass is 546 g/mol. The highest BCUT2D eigenvalue weighted by atomic mass is 15.0. The Labute approximate surface area is 249 Å². The van der Waals surface area contributed by atoms with Gasteiger partial charge in [-0.25, -0.2) is 4.98 Å². The first kappa shape index (κ1) is 23.9. The van der Waals surface area contributed by atoms with E-state index in [1.54, 1.807) is 0 Å². The van der Waals surface area contributed by atoms with Gasteiger partial charge in [0.15, 0.2) is 0 Å². The summed E-state index contributed by atoms with van der Waals surface area (Å²) in [7, 11) is 0. The number of rotatable bonds is 3. The van der Waals surface area contributed by atoms with Crippen LogP contribution in [0.1, 0.15) is 0 Å². The van der Waals surface area contributed by atoms with Crippen LogP contribution in [0.3, 0.4) is 0 Å². The molecule has 0 bridgehead atoms. The van der Waals surface area contributed by atoms with Gasteiger partial charge in [0.2, 0.25) is 0 Å². The van der Waals surface area contributed by atoms with Gasteiger partial charge in [-0.15, -0.1) is 0 Å². The lowest BCUT2D eigenvalue weighted by atomic mass is 9.86. The molecule has 9 aromatic rings. The summed E-state index contributed by atoms with van der Waals surface area (Å²) in [5, 5.41) is 6.27. The van der Waals surface area contributed by atoms with Gasteiger partial charge >= 0.3 is 0 Å². The van der Waals surface area contributed by atoms with Crippen LogP contribution in [-0.2, 0) is 0 Å². The summed E-state index contributed by atoms with van der Waals surface area (Å²) < 4.78 is 2.30. The van der Waals surface area contributed by atoms with Crippen LogP contribution in [-0.4, -0.2) is 9.38 Å². The Kier molecular flexibility index (Phi) is 5.23. The summed E-state index contributed by atoms with van der Waals surface area (Å²) in [5.41, 5.74) is 11.6. The van der Waals surface area contributed by atoms with Gasteiger partial charge in [-0.05, 0) is 79.0 Å². The molecule has 0 aliphatic carbocycles. The molecular formula is C41H26N2.